The van der Waals surface area contributed by atoms with Crippen molar-refractivity contribution in [1.82, 2.24) is 14.9 Å². The Labute approximate surface area is 171 Å². The van der Waals surface area contributed by atoms with E-state index in [1.807, 2.05) is 18.3 Å². The predicted octanol–water partition coefficient (Wildman–Crippen LogP) is 2.00. The lowest BCUT2D eigenvalue weighted by Gasteiger charge is -2.35. The SMILES string of the molecule is COc1ccc(CN2CC[C@]3(COCc4cnc(N5CCOCC5)nc43)C2)cc1. The third-order valence-electron chi connectivity index (χ3n) is 6.28. The molecule has 0 saturated carbocycles. The highest BCUT2D eigenvalue weighted by molar-refractivity contribution is 5.39. The van der Waals surface area contributed by atoms with Crippen molar-refractivity contribution in [1.29, 1.82) is 0 Å². The molecule has 154 valence electrons. The summed E-state index contributed by atoms with van der Waals surface area (Å²) in [5, 5.41) is 0. The monoisotopic (exact) mass is 396 g/mol. The molecule has 0 radical (unpaired) electrons. The number of hydrogen-bond donors (Lipinski definition) is 0. The van der Waals surface area contributed by atoms with Crippen molar-refractivity contribution in [2.75, 3.05) is 58.0 Å². The van der Waals surface area contributed by atoms with Crippen LogP contribution in [0.25, 0.3) is 0 Å². The van der Waals surface area contributed by atoms with E-state index in [0.717, 1.165) is 76.2 Å². The minimum atomic E-state index is -0.0377. The zero-order chi connectivity index (χ0) is 19.7. The Balaban J connectivity index is 1.36. The van der Waals surface area contributed by atoms with Gasteiger partial charge in [0.2, 0.25) is 5.95 Å². The number of morpholine rings is 1. The van der Waals surface area contributed by atoms with Crippen LogP contribution < -0.4 is 9.64 Å². The van der Waals surface area contributed by atoms with Crippen LogP contribution in [0.5, 0.6) is 5.75 Å². The van der Waals surface area contributed by atoms with Gasteiger partial charge in [0, 0.05) is 37.9 Å². The van der Waals surface area contributed by atoms with Gasteiger partial charge in [-0.15, -0.1) is 0 Å². The first-order valence-corrected chi connectivity index (χ1v) is 10.4. The number of aromatic nitrogens is 2. The summed E-state index contributed by atoms with van der Waals surface area (Å²) in [7, 11) is 1.70. The maximum Gasteiger partial charge on any atom is 0.225 e. The van der Waals surface area contributed by atoms with Gasteiger partial charge in [-0.2, -0.15) is 0 Å². The average Bonchev–Trinajstić information content (AvgIpc) is 3.18. The van der Waals surface area contributed by atoms with E-state index in [0.29, 0.717) is 6.61 Å². The Morgan fingerprint density at radius 2 is 1.93 bits per heavy atom. The number of anilines is 1. The van der Waals surface area contributed by atoms with Crippen LogP contribution in [0.4, 0.5) is 5.95 Å². The van der Waals surface area contributed by atoms with Crippen molar-refractivity contribution in [3.8, 4) is 5.75 Å². The molecule has 0 bridgehead atoms. The van der Waals surface area contributed by atoms with Crippen molar-refractivity contribution >= 4 is 5.95 Å². The fourth-order valence-electron chi connectivity index (χ4n) is 4.70. The Morgan fingerprint density at radius 3 is 2.72 bits per heavy atom. The minimum absolute atomic E-state index is 0.0377. The van der Waals surface area contributed by atoms with E-state index in [2.05, 4.69) is 26.9 Å². The zero-order valence-corrected chi connectivity index (χ0v) is 17.0. The predicted molar refractivity (Wildman–Crippen MR) is 109 cm³/mol. The number of fused-ring (bicyclic) bond motifs is 2. The highest BCUT2D eigenvalue weighted by atomic mass is 16.5. The third-order valence-corrected chi connectivity index (χ3v) is 6.28. The van der Waals surface area contributed by atoms with Crippen LogP contribution in [0.1, 0.15) is 23.2 Å². The molecule has 1 aromatic carbocycles. The van der Waals surface area contributed by atoms with Crippen LogP contribution in [-0.4, -0.2) is 68.0 Å². The molecule has 1 aromatic heterocycles. The molecule has 7 nitrogen and oxygen atoms in total. The molecule has 2 fully saturated rings. The van der Waals surface area contributed by atoms with E-state index < -0.39 is 0 Å². The quantitative estimate of drug-likeness (QED) is 0.783. The van der Waals surface area contributed by atoms with Crippen molar-refractivity contribution in [3.05, 3.63) is 47.3 Å². The van der Waals surface area contributed by atoms with Crippen molar-refractivity contribution in [3.63, 3.8) is 0 Å². The molecular formula is C22H28N4O3. The average molecular weight is 396 g/mol. The zero-order valence-electron chi connectivity index (χ0n) is 17.0. The fourth-order valence-corrected chi connectivity index (χ4v) is 4.70. The lowest BCUT2D eigenvalue weighted by Crippen LogP contribution is -2.42. The van der Waals surface area contributed by atoms with E-state index in [9.17, 15) is 0 Å². The summed E-state index contributed by atoms with van der Waals surface area (Å²) < 4.78 is 16.7. The smallest absolute Gasteiger partial charge is 0.225 e. The van der Waals surface area contributed by atoms with Gasteiger partial charge in [0.25, 0.3) is 0 Å². The fraction of sp³-hybridized carbons (Fsp3) is 0.545. The van der Waals surface area contributed by atoms with E-state index >= 15 is 0 Å². The van der Waals surface area contributed by atoms with Gasteiger partial charge in [0.15, 0.2) is 0 Å². The van der Waals surface area contributed by atoms with Crippen LogP contribution in [0.15, 0.2) is 30.5 Å². The van der Waals surface area contributed by atoms with Gasteiger partial charge in [-0.05, 0) is 30.7 Å². The van der Waals surface area contributed by atoms with Crippen molar-refractivity contribution in [2.45, 2.75) is 25.0 Å². The Bertz CT molecular complexity index is 854. The normalized spacial score (nSPS) is 24.7. The van der Waals surface area contributed by atoms with Crippen LogP contribution in [0.3, 0.4) is 0 Å². The first-order chi connectivity index (χ1) is 14.3. The molecule has 0 unspecified atom stereocenters. The summed E-state index contributed by atoms with van der Waals surface area (Å²) in [5.74, 6) is 1.73. The van der Waals surface area contributed by atoms with Crippen LogP contribution in [0.2, 0.25) is 0 Å². The maximum absolute atomic E-state index is 5.99. The lowest BCUT2D eigenvalue weighted by atomic mass is 9.80. The van der Waals surface area contributed by atoms with Crippen LogP contribution in [-0.2, 0) is 28.0 Å². The summed E-state index contributed by atoms with van der Waals surface area (Å²) in [6.07, 6.45) is 3.04. The Kier molecular flexibility index (Phi) is 5.11. The first-order valence-electron chi connectivity index (χ1n) is 10.4. The van der Waals surface area contributed by atoms with Gasteiger partial charge in [-0.25, -0.2) is 9.97 Å². The van der Waals surface area contributed by atoms with Gasteiger partial charge in [-0.3, -0.25) is 4.90 Å². The third kappa shape index (κ3) is 3.70. The molecular weight excluding hydrogens is 368 g/mol. The molecule has 29 heavy (non-hydrogen) atoms. The van der Waals surface area contributed by atoms with Gasteiger partial charge in [-0.1, -0.05) is 12.1 Å². The molecule has 4 heterocycles. The standard InChI is InChI=1S/C22H28N4O3/c1-27-19-4-2-17(3-5-19)13-25-7-6-22(15-25)16-29-14-18-12-23-21(24-20(18)22)26-8-10-28-11-9-26/h2-5,12H,6-11,13-16H2,1H3/t22-/m1/s1. The number of nitrogens with zero attached hydrogens (tertiary/aromatic N) is 4. The molecule has 2 aromatic rings. The molecule has 2 saturated heterocycles. The van der Waals surface area contributed by atoms with E-state index in [-0.39, 0.29) is 5.41 Å². The molecule has 0 amide bonds. The van der Waals surface area contributed by atoms with Gasteiger partial charge in [0.1, 0.15) is 5.75 Å². The van der Waals surface area contributed by atoms with Crippen LogP contribution in [0, 0.1) is 0 Å². The molecule has 1 spiro atoms. The molecule has 0 N–H and O–H groups in total. The molecule has 5 rings (SSSR count). The van der Waals surface area contributed by atoms with Crippen molar-refractivity contribution < 1.29 is 14.2 Å². The number of hydrogen-bond acceptors (Lipinski definition) is 7. The largest absolute Gasteiger partial charge is 0.497 e. The second kappa shape index (κ2) is 7.89. The molecule has 3 aliphatic rings. The summed E-state index contributed by atoms with van der Waals surface area (Å²) >= 11 is 0. The Hall–Kier alpha value is -2.22. The molecule has 7 heteroatoms. The second-order valence-corrected chi connectivity index (χ2v) is 8.23. The number of ether oxygens (including phenoxy) is 3. The van der Waals surface area contributed by atoms with E-state index in [1.165, 1.54) is 11.3 Å². The molecule has 3 aliphatic heterocycles. The summed E-state index contributed by atoms with van der Waals surface area (Å²) in [5.41, 5.74) is 3.60. The summed E-state index contributed by atoms with van der Waals surface area (Å²) in [6.45, 7) is 7.48. The summed E-state index contributed by atoms with van der Waals surface area (Å²) in [4.78, 5) is 14.4. The summed E-state index contributed by atoms with van der Waals surface area (Å²) in [6, 6.07) is 8.35. The highest BCUT2D eigenvalue weighted by Crippen LogP contribution is 2.40. The van der Waals surface area contributed by atoms with Crippen molar-refractivity contribution in [2.24, 2.45) is 0 Å². The van der Waals surface area contributed by atoms with Gasteiger partial charge >= 0.3 is 0 Å². The van der Waals surface area contributed by atoms with E-state index in [1.54, 1.807) is 7.11 Å². The van der Waals surface area contributed by atoms with Crippen LogP contribution >= 0.6 is 0 Å². The van der Waals surface area contributed by atoms with Gasteiger partial charge in [0.05, 0.1) is 44.6 Å². The molecule has 0 aliphatic carbocycles. The maximum atomic E-state index is 5.99. The number of rotatable bonds is 4. The number of methoxy groups -OCH3 is 1. The molecule has 1 atom stereocenters. The van der Waals surface area contributed by atoms with E-state index in [4.69, 9.17) is 19.2 Å². The minimum Gasteiger partial charge on any atom is -0.497 e. The highest BCUT2D eigenvalue weighted by Gasteiger charge is 2.45. The number of likely N-dealkylation sites (tertiary alicyclic amines) is 1. The first kappa shape index (κ1) is 18.8. The number of benzene rings is 1. The Morgan fingerprint density at radius 1 is 1.10 bits per heavy atom. The second-order valence-electron chi connectivity index (χ2n) is 8.23. The lowest BCUT2D eigenvalue weighted by molar-refractivity contribution is 0.0502. The topological polar surface area (TPSA) is 60.0 Å². The van der Waals surface area contributed by atoms with Gasteiger partial charge < -0.3 is 19.1 Å².